The van der Waals surface area contributed by atoms with Gasteiger partial charge in [-0.05, 0) is 18.8 Å². The van der Waals surface area contributed by atoms with Crippen molar-refractivity contribution >= 4 is 11.6 Å². The number of halogens is 1. The molecule has 0 radical (unpaired) electrons. The summed E-state index contributed by atoms with van der Waals surface area (Å²) < 4.78 is 2.44. The molecule has 1 aliphatic rings. The molecule has 16 heavy (non-hydrogen) atoms. The fraction of sp³-hybridized carbons (Fsp3) is 0.455. The van der Waals surface area contributed by atoms with Crippen molar-refractivity contribution in [2.75, 3.05) is 0 Å². The van der Waals surface area contributed by atoms with Gasteiger partial charge in [0.05, 0.1) is 6.54 Å². The van der Waals surface area contributed by atoms with E-state index < -0.39 is 11.2 Å². The minimum Gasteiger partial charge on any atom is -0.283 e. The highest BCUT2D eigenvalue weighted by Gasteiger charge is 2.23. The van der Waals surface area contributed by atoms with E-state index in [2.05, 4.69) is 5.92 Å². The number of nitrogens with zero attached hydrogens (tertiary/aromatic N) is 2. The summed E-state index contributed by atoms with van der Waals surface area (Å²) in [5.74, 6) is 2.79. The zero-order valence-corrected chi connectivity index (χ0v) is 9.41. The van der Waals surface area contributed by atoms with Crippen molar-refractivity contribution in [3.63, 3.8) is 0 Å². The predicted molar refractivity (Wildman–Crippen MR) is 61.5 cm³/mol. The third-order valence-corrected chi connectivity index (χ3v) is 2.93. The van der Waals surface area contributed by atoms with Gasteiger partial charge in [0.15, 0.2) is 0 Å². The number of rotatable bonds is 3. The average molecular weight is 239 g/mol. The Morgan fingerprint density at radius 2 is 2.12 bits per heavy atom. The second-order valence-corrected chi connectivity index (χ2v) is 4.32. The average Bonchev–Trinajstić information content (AvgIpc) is 3.03. The smallest absolute Gasteiger partial charge is 0.283 e. The molecule has 84 valence electrons. The summed E-state index contributed by atoms with van der Waals surface area (Å²) in [5.41, 5.74) is -0.859. The lowest BCUT2D eigenvalue weighted by molar-refractivity contribution is 0.551. The molecule has 0 spiro atoms. The van der Waals surface area contributed by atoms with Gasteiger partial charge in [-0.15, -0.1) is 6.42 Å². The topological polar surface area (TPSA) is 44.0 Å². The predicted octanol–water partition coefficient (Wildman–Crippen LogP) is 0.707. The molecule has 0 N–H and O–H groups in total. The number of terminal acetylenes is 1. The van der Waals surface area contributed by atoms with Crippen molar-refractivity contribution in [3.8, 4) is 12.3 Å². The number of hydrogen-bond acceptors (Lipinski definition) is 2. The van der Waals surface area contributed by atoms with E-state index in [1.807, 2.05) is 0 Å². The maximum atomic E-state index is 11.9. The molecule has 0 unspecified atom stereocenters. The van der Waals surface area contributed by atoms with Crippen LogP contribution >= 0.6 is 11.6 Å². The van der Waals surface area contributed by atoms with Crippen LogP contribution in [0.15, 0.2) is 15.7 Å². The van der Waals surface area contributed by atoms with Crippen LogP contribution < -0.4 is 11.2 Å². The zero-order valence-electron chi connectivity index (χ0n) is 8.65. The molecule has 1 aromatic heterocycles. The zero-order chi connectivity index (χ0) is 11.7. The normalized spacial score (nSPS) is 14.8. The quantitative estimate of drug-likeness (QED) is 0.575. The summed E-state index contributed by atoms with van der Waals surface area (Å²) >= 11 is 5.88. The Kier molecular flexibility index (Phi) is 2.88. The SMILES string of the molecule is C#CCn1c(=O)cc(Cl)n(CC2CC2)c1=O. The van der Waals surface area contributed by atoms with Crippen LogP contribution in [-0.4, -0.2) is 9.13 Å². The van der Waals surface area contributed by atoms with Gasteiger partial charge in [-0.2, -0.15) is 0 Å². The third-order valence-electron chi connectivity index (χ3n) is 2.62. The maximum absolute atomic E-state index is 11.9. The van der Waals surface area contributed by atoms with Crippen molar-refractivity contribution in [1.29, 1.82) is 0 Å². The van der Waals surface area contributed by atoms with E-state index in [1.165, 1.54) is 10.6 Å². The molecule has 4 nitrogen and oxygen atoms in total. The Morgan fingerprint density at radius 3 is 2.69 bits per heavy atom. The van der Waals surface area contributed by atoms with E-state index in [1.54, 1.807) is 0 Å². The first-order valence-corrected chi connectivity index (χ1v) is 5.45. The maximum Gasteiger partial charge on any atom is 0.332 e. The van der Waals surface area contributed by atoms with Crippen molar-refractivity contribution in [2.24, 2.45) is 5.92 Å². The first-order chi connectivity index (χ1) is 7.63. The number of aromatic nitrogens is 2. The molecule has 0 aliphatic heterocycles. The van der Waals surface area contributed by atoms with E-state index in [0.717, 1.165) is 17.4 Å². The summed E-state index contributed by atoms with van der Waals surface area (Å²) in [6.07, 6.45) is 7.33. The van der Waals surface area contributed by atoms with Gasteiger partial charge < -0.3 is 0 Å². The molecule has 1 aliphatic carbocycles. The monoisotopic (exact) mass is 238 g/mol. The summed E-state index contributed by atoms with van der Waals surface area (Å²) in [5, 5.41) is 0.190. The molecule has 0 aromatic carbocycles. The molecule has 0 amide bonds. The second-order valence-electron chi connectivity index (χ2n) is 3.93. The summed E-state index contributed by atoms with van der Waals surface area (Å²) in [6, 6.07) is 1.24. The molecule has 0 bridgehead atoms. The van der Waals surface area contributed by atoms with Gasteiger partial charge in [0.1, 0.15) is 5.15 Å². The van der Waals surface area contributed by atoms with Crippen LogP contribution in [0.4, 0.5) is 0 Å². The third kappa shape index (κ3) is 2.05. The first-order valence-electron chi connectivity index (χ1n) is 5.07. The minimum atomic E-state index is -0.444. The van der Waals surface area contributed by atoms with Crippen LogP contribution in [0.2, 0.25) is 5.15 Å². The molecule has 0 atom stereocenters. The van der Waals surface area contributed by atoms with E-state index in [4.69, 9.17) is 18.0 Å². The van der Waals surface area contributed by atoms with Crippen LogP contribution in [-0.2, 0) is 13.1 Å². The fourth-order valence-electron chi connectivity index (χ4n) is 1.55. The van der Waals surface area contributed by atoms with Gasteiger partial charge in [-0.3, -0.25) is 9.36 Å². The molecule has 0 saturated heterocycles. The molecule has 1 aromatic rings. The molecule has 5 heteroatoms. The summed E-state index contributed by atoms with van der Waals surface area (Å²) in [4.78, 5) is 23.4. The van der Waals surface area contributed by atoms with E-state index in [0.29, 0.717) is 12.5 Å². The molecular weight excluding hydrogens is 228 g/mol. The summed E-state index contributed by atoms with van der Waals surface area (Å²) in [7, 11) is 0. The minimum absolute atomic E-state index is 0.0144. The lowest BCUT2D eigenvalue weighted by atomic mass is 10.4. The van der Waals surface area contributed by atoms with Crippen molar-refractivity contribution in [3.05, 3.63) is 32.1 Å². The lowest BCUT2D eigenvalue weighted by Gasteiger charge is -2.09. The highest BCUT2D eigenvalue weighted by Crippen LogP contribution is 2.30. The Bertz CT molecular complexity index is 561. The van der Waals surface area contributed by atoms with Gasteiger partial charge in [-0.1, -0.05) is 17.5 Å². The molecular formula is C11H11ClN2O2. The van der Waals surface area contributed by atoms with Gasteiger partial charge in [0.2, 0.25) is 0 Å². The molecule has 1 heterocycles. The van der Waals surface area contributed by atoms with Crippen molar-refractivity contribution < 1.29 is 0 Å². The van der Waals surface area contributed by atoms with Gasteiger partial charge >= 0.3 is 5.69 Å². The Labute approximate surface area is 97.5 Å². The fourth-order valence-corrected chi connectivity index (χ4v) is 1.78. The van der Waals surface area contributed by atoms with Gasteiger partial charge in [-0.25, -0.2) is 9.36 Å². The Balaban J connectivity index is 2.51. The second kappa shape index (κ2) is 4.18. The van der Waals surface area contributed by atoms with Crippen LogP contribution in [0.1, 0.15) is 12.8 Å². The van der Waals surface area contributed by atoms with Crippen molar-refractivity contribution in [1.82, 2.24) is 9.13 Å². The Hall–Kier alpha value is -1.47. The lowest BCUT2D eigenvalue weighted by Crippen LogP contribution is -2.39. The Morgan fingerprint density at radius 1 is 1.44 bits per heavy atom. The van der Waals surface area contributed by atoms with Gasteiger partial charge in [0.25, 0.3) is 5.56 Å². The van der Waals surface area contributed by atoms with E-state index in [9.17, 15) is 9.59 Å². The van der Waals surface area contributed by atoms with E-state index in [-0.39, 0.29) is 11.7 Å². The first kappa shape index (κ1) is 11.0. The van der Waals surface area contributed by atoms with Gasteiger partial charge in [0, 0.05) is 12.6 Å². The molecule has 1 saturated carbocycles. The highest BCUT2D eigenvalue weighted by atomic mass is 35.5. The molecule has 2 rings (SSSR count). The summed E-state index contributed by atoms with van der Waals surface area (Å²) in [6.45, 7) is 0.558. The number of hydrogen-bond donors (Lipinski definition) is 0. The van der Waals surface area contributed by atoms with E-state index >= 15 is 0 Å². The van der Waals surface area contributed by atoms with Crippen LogP contribution in [0.5, 0.6) is 0 Å². The van der Waals surface area contributed by atoms with Crippen molar-refractivity contribution in [2.45, 2.75) is 25.9 Å². The van der Waals surface area contributed by atoms with Crippen LogP contribution in [0.25, 0.3) is 0 Å². The highest BCUT2D eigenvalue weighted by molar-refractivity contribution is 6.29. The largest absolute Gasteiger partial charge is 0.332 e. The van der Waals surface area contributed by atoms with Crippen LogP contribution in [0, 0.1) is 18.3 Å². The van der Waals surface area contributed by atoms with Crippen LogP contribution in [0.3, 0.4) is 0 Å². The molecule has 1 fully saturated rings. The standard InChI is InChI=1S/C11H11ClN2O2/c1-2-5-13-10(15)6-9(12)14(11(13)16)7-8-3-4-8/h1,6,8H,3-5,7H2.